The minimum atomic E-state index is 0.0497. The second-order valence-electron chi connectivity index (χ2n) is 2.60. The van der Waals surface area contributed by atoms with Crippen LogP contribution in [-0.4, -0.2) is 20.7 Å². The van der Waals surface area contributed by atoms with Crippen molar-refractivity contribution in [1.29, 1.82) is 0 Å². The van der Waals surface area contributed by atoms with Crippen molar-refractivity contribution >= 4 is 11.4 Å². The van der Waals surface area contributed by atoms with Crippen molar-refractivity contribution in [2.45, 2.75) is 6.42 Å². The number of ketones is 1. The number of Topliss-reactive ketones (excluding diaryl/α,β-unsaturated/α-hetero) is 1. The quantitative estimate of drug-likeness (QED) is 0.629. The van der Waals surface area contributed by atoms with E-state index in [1.165, 1.54) is 12.7 Å². The lowest BCUT2D eigenvalue weighted by atomic mass is 10.0. The van der Waals surface area contributed by atoms with E-state index < -0.39 is 0 Å². The van der Waals surface area contributed by atoms with Crippen LogP contribution in [-0.2, 0) is 4.79 Å². The third-order valence-electron chi connectivity index (χ3n) is 1.74. The summed E-state index contributed by atoms with van der Waals surface area (Å²) in [5.41, 5.74) is 0.560. The maximum Gasteiger partial charge on any atom is 0.170 e. The Morgan fingerprint density at radius 3 is 2.69 bits per heavy atom. The number of carbonyl (C=O) groups is 1. The first kappa shape index (κ1) is 7.79. The van der Waals surface area contributed by atoms with Crippen molar-refractivity contribution in [2.75, 3.05) is 0 Å². The SMILES string of the molecule is O=C1CC=CC=C1c1ncncn1. The molecule has 64 valence electrons. The lowest BCUT2D eigenvalue weighted by Gasteiger charge is -2.04. The highest BCUT2D eigenvalue weighted by Crippen LogP contribution is 2.15. The van der Waals surface area contributed by atoms with Gasteiger partial charge in [-0.2, -0.15) is 0 Å². The van der Waals surface area contributed by atoms with Crippen LogP contribution >= 0.6 is 0 Å². The fraction of sp³-hybridized carbons (Fsp3) is 0.111. The average molecular weight is 173 g/mol. The van der Waals surface area contributed by atoms with Crippen molar-refractivity contribution in [3.05, 3.63) is 36.7 Å². The van der Waals surface area contributed by atoms with Gasteiger partial charge >= 0.3 is 0 Å². The molecule has 0 unspecified atom stereocenters. The molecule has 0 aromatic carbocycles. The fourth-order valence-corrected chi connectivity index (χ4v) is 1.12. The monoisotopic (exact) mass is 173 g/mol. The van der Waals surface area contributed by atoms with Gasteiger partial charge in [0.2, 0.25) is 0 Å². The molecular weight excluding hydrogens is 166 g/mol. The molecule has 4 nitrogen and oxygen atoms in total. The number of aromatic nitrogens is 3. The predicted octanol–water partition coefficient (Wildman–Crippen LogP) is 0.784. The summed E-state index contributed by atoms with van der Waals surface area (Å²) in [5.74, 6) is 0.498. The number of rotatable bonds is 1. The van der Waals surface area contributed by atoms with E-state index in [2.05, 4.69) is 15.0 Å². The van der Waals surface area contributed by atoms with E-state index in [1.807, 2.05) is 12.2 Å². The third-order valence-corrected chi connectivity index (χ3v) is 1.74. The Kier molecular flexibility index (Phi) is 1.96. The highest BCUT2D eigenvalue weighted by Gasteiger charge is 2.14. The first-order chi connectivity index (χ1) is 6.38. The molecule has 0 atom stereocenters. The molecule has 1 aliphatic rings. The summed E-state index contributed by atoms with van der Waals surface area (Å²) in [7, 11) is 0. The Morgan fingerprint density at radius 2 is 2.00 bits per heavy atom. The highest BCUT2D eigenvalue weighted by atomic mass is 16.1. The van der Waals surface area contributed by atoms with Crippen molar-refractivity contribution in [2.24, 2.45) is 0 Å². The van der Waals surface area contributed by atoms with Crippen LogP contribution in [0.15, 0.2) is 30.9 Å². The van der Waals surface area contributed by atoms with E-state index in [-0.39, 0.29) is 5.78 Å². The van der Waals surface area contributed by atoms with Crippen molar-refractivity contribution < 1.29 is 4.79 Å². The van der Waals surface area contributed by atoms with E-state index >= 15 is 0 Å². The van der Waals surface area contributed by atoms with Crippen LogP contribution in [0, 0.1) is 0 Å². The van der Waals surface area contributed by atoms with Gasteiger partial charge in [0.05, 0.1) is 5.57 Å². The number of nitrogens with zero attached hydrogens (tertiary/aromatic N) is 3. The van der Waals surface area contributed by atoms with Gasteiger partial charge in [0, 0.05) is 6.42 Å². The van der Waals surface area contributed by atoms with Gasteiger partial charge in [-0.1, -0.05) is 12.2 Å². The molecule has 0 saturated carbocycles. The maximum atomic E-state index is 11.4. The number of hydrogen-bond acceptors (Lipinski definition) is 4. The standard InChI is InChI=1S/C9H7N3O/c13-8-4-2-1-3-7(8)9-11-5-10-6-12-9/h1-3,5-6H,4H2. The summed E-state index contributed by atoms with van der Waals surface area (Å²) in [6.45, 7) is 0. The smallest absolute Gasteiger partial charge is 0.170 e. The summed E-state index contributed by atoms with van der Waals surface area (Å²) >= 11 is 0. The van der Waals surface area contributed by atoms with Gasteiger partial charge < -0.3 is 0 Å². The summed E-state index contributed by atoms with van der Waals surface area (Å²) in [5, 5.41) is 0. The highest BCUT2D eigenvalue weighted by molar-refractivity contribution is 6.21. The molecule has 2 rings (SSSR count). The molecular formula is C9H7N3O. The van der Waals surface area contributed by atoms with Gasteiger partial charge in [-0.25, -0.2) is 15.0 Å². The Balaban J connectivity index is 2.41. The second-order valence-corrected chi connectivity index (χ2v) is 2.60. The van der Waals surface area contributed by atoms with Crippen molar-refractivity contribution in [3.8, 4) is 0 Å². The zero-order chi connectivity index (χ0) is 9.10. The molecule has 1 aromatic heterocycles. The van der Waals surface area contributed by atoms with Crippen LogP contribution in [0.1, 0.15) is 12.2 Å². The summed E-state index contributed by atoms with van der Waals surface area (Å²) in [6.07, 6.45) is 8.57. The normalized spacial score (nSPS) is 15.7. The lowest BCUT2D eigenvalue weighted by molar-refractivity contribution is -0.113. The zero-order valence-electron chi connectivity index (χ0n) is 6.84. The molecule has 4 heteroatoms. The average Bonchev–Trinajstić information content (AvgIpc) is 2.20. The maximum absolute atomic E-state index is 11.4. The first-order valence-corrected chi connectivity index (χ1v) is 3.90. The topological polar surface area (TPSA) is 55.7 Å². The Hall–Kier alpha value is -1.84. The van der Waals surface area contributed by atoms with E-state index in [0.717, 1.165) is 0 Å². The fourth-order valence-electron chi connectivity index (χ4n) is 1.12. The van der Waals surface area contributed by atoms with Crippen LogP contribution in [0.3, 0.4) is 0 Å². The molecule has 0 aliphatic heterocycles. The third kappa shape index (κ3) is 1.51. The van der Waals surface area contributed by atoms with Crippen LogP contribution in [0.4, 0.5) is 0 Å². The van der Waals surface area contributed by atoms with Gasteiger partial charge in [-0.05, 0) is 6.08 Å². The summed E-state index contributed by atoms with van der Waals surface area (Å²) in [6, 6.07) is 0. The van der Waals surface area contributed by atoms with Gasteiger partial charge in [0.25, 0.3) is 0 Å². The van der Waals surface area contributed by atoms with Crippen LogP contribution in [0.5, 0.6) is 0 Å². The molecule has 13 heavy (non-hydrogen) atoms. The van der Waals surface area contributed by atoms with Crippen LogP contribution in [0.25, 0.3) is 5.57 Å². The number of allylic oxidation sites excluding steroid dienone is 4. The van der Waals surface area contributed by atoms with Gasteiger partial charge in [-0.15, -0.1) is 0 Å². The predicted molar refractivity (Wildman–Crippen MR) is 46.6 cm³/mol. The number of carbonyl (C=O) groups excluding carboxylic acids is 1. The van der Waals surface area contributed by atoms with E-state index in [1.54, 1.807) is 6.08 Å². The molecule has 1 aliphatic carbocycles. The van der Waals surface area contributed by atoms with E-state index in [0.29, 0.717) is 17.8 Å². The molecule has 0 bridgehead atoms. The van der Waals surface area contributed by atoms with Gasteiger partial charge in [-0.3, -0.25) is 4.79 Å². The molecule has 1 aromatic rings. The van der Waals surface area contributed by atoms with Crippen molar-refractivity contribution in [3.63, 3.8) is 0 Å². The molecule has 0 fully saturated rings. The van der Waals surface area contributed by atoms with Gasteiger partial charge in [0.15, 0.2) is 11.6 Å². The molecule has 0 radical (unpaired) electrons. The second kappa shape index (κ2) is 3.26. The number of hydrogen-bond donors (Lipinski definition) is 0. The van der Waals surface area contributed by atoms with E-state index in [4.69, 9.17) is 0 Å². The van der Waals surface area contributed by atoms with Crippen LogP contribution in [0.2, 0.25) is 0 Å². The van der Waals surface area contributed by atoms with Gasteiger partial charge in [0.1, 0.15) is 12.7 Å². The minimum Gasteiger partial charge on any atom is -0.294 e. The summed E-state index contributed by atoms with van der Waals surface area (Å²) < 4.78 is 0. The lowest BCUT2D eigenvalue weighted by Crippen LogP contribution is -2.06. The summed E-state index contributed by atoms with van der Waals surface area (Å²) in [4.78, 5) is 22.9. The Morgan fingerprint density at radius 1 is 1.23 bits per heavy atom. The molecule has 0 N–H and O–H groups in total. The molecule has 1 heterocycles. The minimum absolute atomic E-state index is 0.0497. The molecule has 0 saturated heterocycles. The van der Waals surface area contributed by atoms with Crippen LogP contribution < -0.4 is 0 Å². The Labute approximate surface area is 75.1 Å². The molecule has 0 spiro atoms. The first-order valence-electron chi connectivity index (χ1n) is 3.90. The Bertz CT molecular complexity index is 381. The van der Waals surface area contributed by atoms with Crippen molar-refractivity contribution in [1.82, 2.24) is 15.0 Å². The molecule has 0 amide bonds. The van der Waals surface area contributed by atoms with E-state index in [9.17, 15) is 4.79 Å². The largest absolute Gasteiger partial charge is 0.294 e. The zero-order valence-corrected chi connectivity index (χ0v) is 6.84.